The molecule has 20 heavy (non-hydrogen) atoms. The molecule has 0 saturated heterocycles. The Morgan fingerprint density at radius 3 is 2.65 bits per heavy atom. The van der Waals surface area contributed by atoms with Gasteiger partial charge < -0.3 is 15.2 Å². The van der Waals surface area contributed by atoms with Crippen molar-refractivity contribution < 1.29 is 0 Å². The average Bonchev–Trinajstić information content (AvgIpc) is 2.91. The van der Waals surface area contributed by atoms with Crippen LogP contribution in [0.3, 0.4) is 0 Å². The predicted molar refractivity (Wildman–Crippen MR) is 78.7 cm³/mol. The Kier molecular flexibility index (Phi) is 4.49. The zero-order valence-electron chi connectivity index (χ0n) is 12.4. The topological polar surface area (TPSA) is 80.6 Å². The van der Waals surface area contributed by atoms with Crippen LogP contribution in [0.25, 0.3) is 0 Å². The average molecular weight is 275 g/mol. The molecule has 0 saturated carbocycles. The second-order valence-corrected chi connectivity index (χ2v) is 4.78. The Bertz CT molecular complexity index is 562. The monoisotopic (exact) mass is 275 g/mol. The number of aryl methyl sites for hydroxylation is 1. The molecule has 108 valence electrons. The van der Waals surface area contributed by atoms with Crippen molar-refractivity contribution in [3.63, 3.8) is 0 Å². The van der Waals surface area contributed by atoms with E-state index in [1.54, 1.807) is 12.7 Å². The molecule has 0 aliphatic rings. The molecule has 0 radical (unpaired) electrons. The summed E-state index contributed by atoms with van der Waals surface area (Å²) in [5, 5.41) is 14.5. The summed E-state index contributed by atoms with van der Waals surface area (Å²) in [5.74, 6) is 2.91. The number of aromatic nitrogens is 5. The summed E-state index contributed by atoms with van der Waals surface area (Å²) in [6.07, 6.45) is 3.30. The quantitative estimate of drug-likeness (QED) is 0.837. The Morgan fingerprint density at radius 1 is 1.25 bits per heavy atom. The first-order valence-corrected chi connectivity index (χ1v) is 6.80. The van der Waals surface area contributed by atoms with E-state index in [1.807, 2.05) is 11.6 Å². The van der Waals surface area contributed by atoms with Gasteiger partial charge in [-0.1, -0.05) is 13.8 Å². The van der Waals surface area contributed by atoms with Gasteiger partial charge in [0.2, 0.25) is 0 Å². The van der Waals surface area contributed by atoms with Gasteiger partial charge in [0.25, 0.3) is 0 Å². The Labute approximate surface area is 118 Å². The van der Waals surface area contributed by atoms with Crippen molar-refractivity contribution in [2.75, 3.05) is 17.7 Å². The van der Waals surface area contributed by atoms with Crippen molar-refractivity contribution in [1.29, 1.82) is 0 Å². The maximum Gasteiger partial charge on any atom is 0.152 e. The first kappa shape index (κ1) is 14.2. The number of hydrogen-bond acceptors (Lipinski definition) is 6. The highest BCUT2D eigenvalue weighted by atomic mass is 15.3. The molecule has 2 aromatic heterocycles. The number of anilines is 2. The van der Waals surface area contributed by atoms with Crippen LogP contribution in [-0.2, 0) is 13.1 Å². The van der Waals surface area contributed by atoms with Crippen LogP contribution < -0.4 is 10.6 Å². The molecule has 7 nitrogen and oxygen atoms in total. The van der Waals surface area contributed by atoms with E-state index in [9.17, 15) is 0 Å². The van der Waals surface area contributed by atoms with E-state index < -0.39 is 0 Å². The van der Waals surface area contributed by atoms with Gasteiger partial charge in [0.05, 0.1) is 6.54 Å². The van der Waals surface area contributed by atoms with Gasteiger partial charge in [0, 0.05) is 19.2 Å². The minimum Gasteiger partial charge on any atom is -0.373 e. The third kappa shape index (κ3) is 2.87. The lowest BCUT2D eigenvalue weighted by Gasteiger charge is -2.16. The molecule has 2 heterocycles. The summed E-state index contributed by atoms with van der Waals surface area (Å²) >= 11 is 0. The summed E-state index contributed by atoms with van der Waals surface area (Å²) in [6.45, 7) is 7.76. The molecule has 0 aromatic carbocycles. The van der Waals surface area contributed by atoms with Gasteiger partial charge in [-0.25, -0.2) is 9.97 Å². The summed E-state index contributed by atoms with van der Waals surface area (Å²) < 4.78 is 2.00. The van der Waals surface area contributed by atoms with Gasteiger partial charge in [-0.05, 0) is 12.8 Å². The van der Waals surface area contributed by atoms with Crippen LogP contribution in [0.5, 0.6) is 0 Å². The van der Waals surface area contributed by atoms with E-state index in [1.165, 1.54) is 0 Å². The number of nitrogens with one attached hydrogen (secondary N) is 2. The lowest BCUT2D eigenvalue weighted by atomic mass is 10.0. The Morgan fingerprint density at radius 2 is 2.00 bits per heavy atom. The van der Waals surface area contributed by atoms with E-state index in [4.69, 9.17) is 0 Å². The first-order chi connectivity index (χ1) is 9.67. The minimum atomic E-state index is 0.324. The smallest absolute Gasteiger partial charge is 0.152 e. The fourth-order valence-electron chi connectivity index (χ4n) is 2.13. The molecule has 7 heteroatoms. The summed E-state index contributed by atoms with van der Waals surface area (Å²) in [7, 11) is 1.87. The van der Waals surface area contributed by atoms with Gasteiger partial charge in [-0.3, -0.25) is 0 Å². The van der Waals surface area contributed by atoms with Crippen LogP contribution in [0.1, 0.15) is 38.1 Å². The Hall–Kier alpha value is -2.18. The highest BCUT2D eigenvalue weighted by Gasteiger charge is 2.14. The lowest BCUT2D eigenvalue weighted by molar-refractivity contribution is 0.706. The van der Waals surface area contributed by atoms with Crippen molar-refractivity contribution in [2.45, 2.75) is 39.8 Å². The molecule has 2 N–H and O–H groups in total. The minimum absolute atomic E-state index is 0.324. The normalized spacial score (nSPS) is 10.8. The van der Waals surface area contributed by atoms with E-state index in [-0.39, 0.29) is 0 Å². The van der Waals surface area contributed by atoms with E-state index in [0.717, 1.165) is 29.6 Å². The zero-order chi connectivity index (χ0) is 14.5. The molecule has 0 amide bonds. The fraction of sp³-hybridized carbons (Fsp3) is 0.538. The molecule has 2 aromatic rings. The lowest BCUT2D eigenvalue weighted by Crippen LogP contribution is -2.12. The second kappa shape index (κ2) is 6.31. The number of nitrogens with zero attached hydrogens (tertiary/aromatic N) is 5. The van der Waals surface area contributed by atoms with Crippen LogP contribution in [0.15, 0.2) is 12.7 Å². The van der Waals surface area contributed by atoms with Gasteiger partial charge in [0.15, 0.2) is 5.82 Å². The van der Waals surface area contributed by atoms with Crippen molar-refractivity contribution >= 4 is 11.6 Å². The van der Waals surface area contributed by atoms with Crippen LogP contribution in [0.2, 0.25) is 0 Å². The molecular weight excluding hydrogens is 254 g/mol. The van der Waals surface area contributed by atoms with Crippen LogP contribution >= 0.6 is 0 Å². The summed E-state index contributed by atoms with van der Waals surface area (Å²) in [6, 6.07) is 0. The third-order valence-corrected chi connectivity index (χ3v) is 3.15. The molecule has 0 fully saturated rings. The van der Waals surface area contributed by atoms with Gasteiger partial charge in [-0.2, -0.15) is 0 Å². The first-order valence-electron chi connectivity index (χ1n) is 6.80. The highest BCUT2D eigenvalue weighted by Crippen LogP contribution is 2.28. The molecule has 2 rings (SSSR count). The van der Waals surface area contributed by atoms with Crippen LogP contribution in [0, 0.1) is 0 Å². The molecule has 0 aliphatic heterocycles. The molecule has 0 unspecified atom stereocenters. The van der Waals surface area contributed by atoms with Crippen LogP contribution in [0.4, 0.5) is 11.6 Å². The SMILES string of the molecule is CCn1cnnc1CNc1ncnc(NC)c1C(C)C. The van der Waals surface area contributed by atoms with Gasteiger partial charge in [-0.15, -0.1) is 10.2 Å². The summed E-state index contributed by atoms with van der Waals surface area (Å²) in [5.41, 5.74) is 1.08. The van der Waals surface area contributed by atoms with Crippen molar-refractivity contribution in [1.82, 2.24) is 24.7 Å². The third-order valence-electron chi connectivity index (χ3n) is 3.15. The predicted octanol–water partition coefficient (Wildman–Crippen LogP) is 1.87. The standard InChI is InChI=1S/C13H21N7/c1-5-20-8-18-19-10(20)6-15-13-11(9(2)3)12(14-4)16-7-17-13/h7-9H,5-6H2,1-4H3,(H2,14,15,16,17). The van der Waals surface area contributed by atoms with E-state index >= 15 is 0 Å². The van der Waals surface area contributed by atoms with Crippen molar-refractivity contribution in [3.05, 3.63) is 24.0 Å². The highest BCUT2D eigenvalue weighted by molar-refractivity contribution is 5.58. The molecule has 0 spiro atoms. The largest absolute Gasteiger partial charge is 0.373 e. The Balaban J connectivity index is 2.21. The fourth-order valence-corrected chi connectivity index (χ4v) is 2.13. The van der Waals surface area contributed by atoms with Gasteiger partial charge >= 0.3 is 0 Å². The van der Waals surface area contributed by atoms with Gasteiger partial charge in [0.1, 0.15) is 24.3 Å². The van der Waals surface area contributed by atoms with E-state index in [2.05, 4.69) is 51.6 Å². The van der Waals surface area contributed by atoms with Crippen molar-refractivity contribution in [2.24, 2.45) is 0 Å². The zero-order valence-corrected chi connectivity index (χ0v) is 12.4. The maximum atomic E-state index is 4.34. The second-order valence-electron chi connectivity index (χ2n) is 4.78. The number of hydrogen-bond donors (Lipinski definition) is 2. The molecule has 0 aliphatic carbocycles. The van der Waals surface area contributed by atoms with Crippen LogP contribution in [-0.4, -0.2) is 31.8 Å². The summed E-state index contributed by atoms with van der Waals surface area (Å²) in [4.78, 5) is 8.61. The van der Waals surface area contributed by atoms with E-state index in [0.29, 0.717) is 12.5 Å². The molecular formula is C13H21N7. The molecule has 0 bridgehead atoms. The van der Waals surface area contributed by atoms with Crippen molar-refractivity contribution in [3.8, 4) is 0 Å². The molecule has 0 atom stereocenters. The maximum absolute atomic E-state index is 4.34. The number of rotatable bonds is 6.